The molecule has 7 heteroatoms. The van der Waals surface area contributed by atoms with E-state index in [0.29, 0.717) is 30.2 Å². The zero-order valence-electron chi connectivity index (χ0n) is 15.2. The van der Waals surface area contributed by atoms with Crippen LogP contribution in [0.1, 0.15) is 38.4 Å². The molecule has 2 aromatic rings. The lowest BCUT2D eigenvalue weighted by molar-refractivity contribution is -0.133. The Morgan fingerprint density at radius 2 is 1.88 bits per heavy atom. The molecule has 0 aliphatic carbocycles. The Morgan fingerprint density at radius 3 is 2.58 bits per heavy atom. The van der Waals surface area contributed by atoms with Gasteiger partial charge in [0, 0.05) is 38.2 Å². The highest BCUT2D eigenvalue weighted by Gasteiger charge is 2.22. The number of aromatic nitrogens is 2. The molecule has 0 spiro atoms. The van der Waals surface area contributed by atoms with Gasteiger partial charge in [0.1, 0.15) is 5.82 Å². The molecule has 2 heterocycles. The first-order chi connectivity index (χ1) is 12.7. The number of carbonyl (C=O) groups is 1. The van der Waals surface area contributed by atoms with E-state index in [0.717, 1.165) is 45.4 Å². The van der Waals surface area contributed by atoms with E-state index < -0.39 is 0 Å². The maximum absolute atomic E-state index is 13.0. The number of hydrogen-bond acceptors (Lipinski definition) is 5. The monoisotopic (exact) mass is 360 g/mol. The second kappa shape index (κ2) is 8.89. The van der Waals surface area contributed by atoms with Crippen molar-refractivity contribution in [3.05, 3.63) is 35.9 Å². The lowest BCUT2D eigenvalue weighted by atomic mass is 10.2. The quantitative estimate of drug-likeness (QED) is 0.710. The van der Waals surface area contributed by atoms with Crippen molar-refractivity contribution in [3.8, 4) is 11.5 Å². The molecule has 0 saturated carbocycles. The minimum absolute atomic E-state index is 0.260. The van der Waals surface area contributed by atoms with Crippen LogP contribution in [0.4, 0.5) is 4.39 Å². The molecule has 1 aromatic carbocycles. The van der Waals surface area contributed by atoms with Gasteiger partial charge in [0.2, 0.25) is 5.91 Å². The van der Waals surface area contributed by atoms with E-state index in [2.05, 4.69) is 22.0 Å². The molecule has 1 aliphatic rings. The highest BCUT2D eigenvalue weighted by Crippen LogP contribution is 2.18. The third-order valence-corrected chi connectivity index (χ3v) is 4.64. The molecule has 1 amide bonds. The van der Waals surface area contributed by atoms with Gasteiger partial charge >= 0.3 is 0 Å². The van der Waals surface area contributed by atoms with Gasteiger partial charge in [-0.25, -0.2) is 4.39 Å². The van der Waals surface area contributed by atoms with Gasteiger partial charge in [0.15, 0.2) is 5.82 Å². The molecule has 6 nitrogen and oxygen atoms in total. The Morgan fingerprint density at radius 1 is 1.15 bits per heavy atom. The maximum Gasteiger partial charge on any atom is 0.257 e. The van der Waals surface area contributed by atoms with Crippen molar-refractivity contribution in [1.29, 1.82) is 0 Å². The summed E-state index contributed by atoms with van der Waals surface area (Å²) in [7, 11) is 0. The van der Waals surface area contributed by atoms with Gasteiger partial charge in [0.25, 0.3) is 5.89 Å². The molecule has 3 rings (SSSR count). The zero-order valence-corrected chi connectivity index (χ0v) is 15.2. The molecule has 140 valence electrons. The van der Waals surface area contributed by atoms with Crippen molar-refractivity contribution >= 4 is 5.91 Å². The van der Waals surface area contributed by atoms with Gasteiger partial charge in [0.05, 0.1) is 6.54 Å². The highest BCUT2D eigenvalue weighted by molar-refractivity contribution is 5.76. The number of unbranched alkanes of at least 4 members (excludes halogenated alkanes) is 2. The minimum Gasteiger partial charge on any atom is -0.340 e. The van der Waals surface area contributed by atoms with Gasteiger partial charge in [-0.2, -0.15) is 4.98 Å². The first kappa shape index (κ1) is 18.5. The Labute approximate surface area is 153 Å². The minimum atomic E-state index is -0.296. The van der Waals surface area contributed by atoms with Gasteiger partial charge in [-0.15, -0.1) is 0 Å². The van der Waals surface area contributed by atoms with Crippen LogP contribution in [0.5, 0.6) is 0 Å². The Hall–Kier alpha value is -2.28. The summed E-state index contributed by atoms with van der Waals surface area (Å²) >= 11 is 0. The van der Waals surface area contributed by atoms with Crippen LogP contribution in [0, 0.1) is 5.82 Å². The predicted molar refractivity (Wildman–Crippen MR) is 95.7 cm³/mol. The van der Waals surface area contributed by atoms with Crippen LogP contribution in [0.15, 0.2) is 28.8 Å². The summed E-state index contributed by atoms with van der Waals surface area (Å²) in [6, 6.07) is 5.98. The SMILES string of the molecule is CCCCCC(=O)N1CCN(Cc2noc(-c3ccc(F)cc3)n2)CC1. The Bertz CT molecular complexity index is 709. The predicted octanol–water partition coefficient (Wildman–Crippen LogP) is 3.10. The number of halogens is 1. The lowest BCUT2D eigenvalue weighted by Gasteiger charge is -2.34. The van der Waals surface area contributed by atoms with Crippen molar-refractivity contribution in [2.75, 3.05) is 26.2 Å². The zero-order chi connectivity index (χ0) is 18.4. The van der Waals surface area contributed by atoms with Crippen LogP contribution in [0.2, 0.25) is 0 Å². The van der Waals surface area contributed by atoms with Crippen LogP contribution < -0.4 is 0 Å². The summed E-state index contributed by atoms with van der Waals surface area (Å²) in [5.74, 6) is 0.962. The first-order valence-electron chi connectivity index (χ1n) is 9.24. The molecule has 1 aliphatic heterocycles. The Kier molecular flexibility index (Phi) is 6.33. The number of carbonyl (C=O) groups excluding carboxylic acids is 1. The van der Waals surface area contributed by atoms with E-state index in [-0.39, 0.29) is 11.7 Å². The average Bonchev–Trinajstić information content (AvgIpc) is 3.11. The molecule has 26 heavy (non-hydrogen) atoms. The lowest BCUT2D eigenvalue weighted by Crippen LogP contribution is -2.48. The van der Waals surface area contributed by atoms with Crippen molar-refractivity contribution in [3.63, 3.8) is 0 Å². The third kappa shape index (κ3) is 4.88. The molecular weight excluding hydrogens is 335 g/mol. The number of nitrogens with zero attached hydrogens (tertiary/aromatic N) is 4. The van der Waals surface area contributed by atoms with Crippen LogP contribution in [-0.4, -0.2) is 52.0 Å². The van der Waals surface area contributed by atoms with E-state index in [4.69, 9.17) is 4.52 Å². The van der Waals surface area contributed by atoms with E-state index in [1.807, 2.05) is 4.90 Å². The smallest absolute Gasteiger partial charge is 0.257 e. The van der Waals surface area contributed by atoms with Crippen LogP contribution >= 0.6 is 0 Å². The second-order valence-electron chi connectivity index (χ2n) is 6.64. The number of benzene rings is 1. The molecule has 0 N–H and O–H groups in total. The summed E-state index contributed by atoms with van der Waals surface area (Å²) in [6.45, 7) is 5.83. The van der Waals surface area contributed by atoms with Gasteiger partial charge in [-0.05, 0) is 30.7 Å². The van der Waals surface area contributed by atoms with Gasteiger partial charge in [-0.1, -0.05) is 24.9 Å². The van der Waals surface area contributed by atoms with E-state index in [1.165, 1.54) is 12.1 Å². The summed E-state index contributed by atoms with van der Waals surface area (Å²) < 4.78 is 18.3. The molecule has 0 bridgehead atoms. The third-order valence-electron chi connectivity index (χ3n) is 4.64. The van der Waals surface area contributed by atoms with Crippen LogP contribution in [-0.2, 0) is 11.3 Å². The van der Waals surface area contributed by atoms with Gasteiger partial charge in [-0.3, -0.25) is 9.69 Å². The average molecular weight is 360 g/mol. The fourth-order valence-electron chi connectivity index (χ4n) is 3.07. The molecular formula is C19H25FN4O2. The number of amides is 1. The summed E-state index contributed by atoms with van der Waals surface area (Å²) in [6.07, 6.45) is 3.87. The van der Waals surface area contributed by atoms with Crippen molar-refractivity contribution in [2.24, 2.45) is 0 Å². The standard InChI is InChI=1S/C19H25FN4O2/c1-2-3-4-5-18(25)24-12-10-23(11-13-24)14-17-21-19(26-22-17)15-6-8-16(20)9-7-15/h6-9H,2-5,10-14H2,1H3. The normalized spacial score (nSPS) is 15.4. The number of hydrogen-bond donors (Lipinski definition) is 0. The molecule has 1 fully saturated rings. The fraction of sp³-hybridized carbons (Fsp3) is 0.526. The molecule has 0 unspecified atom stereocenters. The summed E-state index contributed by atoms with van der Waals surface area (Å²) in [5.41, 5.74) is 0.702. The Balaban J connectivity index is 1.47. The first-order valence-corrected chi connectivity index (χ1v) is 9.24. The number of rotatable bonds is 7. The summed E-state index contributed by atoms with van der Waals surface area (Å²) in [4.78, 5) is 20.7. The van der Waals surface area contributed by atoms with Crippen LogP contribution in [0.25, 0.3) is 11.5 Å². The van der Waals surface area contributed by atoms with E-state index >= 15 is 0 Å². The molecule has 1 saturated heterocycles. The summed E-state index contributed by atoms with van der Waals surface area (Å²) in [5, 5.41) is 4.01. The molecule has 1 aromatic heterocycles. The highest BCUT2D eigenvalue weighted by atomic mass is 19.1. The topological polar surface area (TPSA) is 62.5 Å². The molecule has 0 atom stereocenters. The maximum atomic E-state index is 13.0. The van der Waals surface area contributed by atoms with E-state index in [9.17, 15) is 9.18 Å². The second-order valence-corrected chi connectivity index (χ2v) is 6.64. The van der Waals surface area contributed by atoms with Gasteiger partial charge < -0.3 is 9.42 Å². The largest absolute Gasteiger partial charge is 0.340 e. The van der Waals surface area contributed by atoms with Crippen molar-refractivity contribution in [1.82, 2.24) is 19.9 Å². The molecule has 0 radical (unpaired) electrons. The van der Waals surface area contributed by atoms with Crippen LogP contribution in [0.3, 0.4) is 0 Å². The number of piperazine rings is 1. The van der Waals surface area contributed by atoms with E-state index in [1.54, 1.807) is 12.1 Å². The fourth-order valence-corrected chi connectivity index (χ4v) is 3.07. The van der Waals surface area contributed by atoms with Crippen molar-refractivity contribution < 1.29 is 13.7 Å². The van der Waals surface area contributed by atoms with Crippen molar-refractivity contribution in [2.45, 2.75) is 39.2 Å².